The van der Waals surface area contributed by atoms with Crippen LogP contribution in [0.15, 0.2) is 42.7 Å². The number of benzene rings is 1. The Morgan fingerprint density at radius 3 is 2.70 bits per heavy atom. The molecule has 6 nitrogen and oxygen atoms in total. The van der Waals surface area contributed by atoms with Gasteiger partial charge in [-0.2, -0.15) is 0 Å². The van der Waals surface area contributed by atoms with Gasteiger partial charge in [-0.3, -0.25) is 9.78 Å². The van der Waals surface area contributed by atoms with Crippen LogP contribution in [-0.2, 0) is 22.6 Å². The third-order valence-corrected chi connectivity index (χ3v) is 5.38. The van der Waals surface area contributed by atoms with E-state index in [0.717, 1.165) is 41.9 Å². The molecule has 0 atom stereocenters. The molecule has 1 fully saturated rings. The summed E-state index contributed by atoms with van der Waals surface area (Å²) in [6, 6.07) is 9.73. The molecule has 0 radical (unpaired) electrons. The Balaban J connectivity index is 1.58. The predicted octanol–water partition coefficient (Wildman–Crippen LogP) is 3.16. The van der Waals surface area contributed by atoms with E-state index in [1.165, 1.54) is 0 Å². The molecule has 27 heavy (non-hydrogen) atoms. The lowest BCUT2D eigenvalue weighted by atomic mass is 9.68. The number of pyridine rings is 1. The first-order chi connectivity index (χ1) is 13.2. The molecule has 2 aliphatic rings. The number of nitrogens with zero attached hydrogens (tertiary/aromatic N) is 2. The number of hydrogen-bond acceptors (Lipinski definition) is 5. The maximum atomic E-state index is 13.4. The van der Waals surface area contributed by atoms with Crippen LogP contribution in [0.4, 0.5) is 0 Å². The van der Waals surface area contributed by atoms with Gasteiger partial charge in [0.1, 0.15) is 0 Å². The smallest absolute Gasteiger partial charge is 0.231 e. The molecule has 1 aliphatic carbocycles. The highest BCUT2D eigenvalue weighted by Crippen LogP contribution is 2.43. The van der Waals surface area contributed by atoms with Gasteiger partial charge in [0.05, 0.1) is 12.0 Å². The number of amides is 1. The van der Waals surface area contributed by atoms with E-state index in [2.05, 4.69) is 4.98 Å². The summed E-state index contributed by atoms with van der Waals surface area (Å²) in [5.41, 5.74) is 1.63. The van der Waals surface area contributed by atoms with Crippen LogP contribution in [0.3, 0.4) is 0 Å². The molecule has 1 saturated carbocycles. The molecule has 0 unspecified atom stereocenters. The van der Waals surface area contributed by atoms with Crippen LogP contribution in [0.5, 0.6) is 11.5 Å². The maximum Gasteiger partial charge on any atom is 0.231 e. The van der Waals surface area contributed by atoms with Crippen molar-refractivity contribution in [3.05, 3.63) is 53.9 Å². The lowest BCUT2D eigenvalue weighted by molar-refractivity contribution is -0.153. The summed E-state index contributed by atoms with van der Waals surface area (Å²) in [4.78, 5) is 19.5. The van der Waals surface area contributed by atoms with Crippen molar-refractivity contribution in [1.29, 1.82) is 0 Å². The Bertz CT molecular complexity index is 805. The van der Waals surface area contributed by atoms with Crippen LogP contribution in [0.25, 0.3) is 0 Å². The molecule has 1 aromatic carbocycles. The first-order valence-corrected chi connectivity index (χ1v) is 9.26. The summed E-state index contributed by atoms with van der Waals surface area (Å²) in [6.45, 7) is 1.74. The van der Waals surface area contributed by atoms with Crippen molar-refractivity contribution in [3.63, 3.8) is 0 Å². The quantitative estimate of drug-likeness (QED) is 0.751. The van der Waals surface area contributed by atoms with Gasteiger partial charge in [0.15, 0.2) is 11.5 Å². The average molecular weight is 368 g/mol. The van der Waals surface area contributed by atoms with Crippen LogP contribution >= 0.6 is 0 Å². The van der Waals surface area contributed by atoms with Crippen molar-refractivity contribution in [2.45, 2.75) is 32.4 Å². The first-order valence-electron chi connectivity index (χ1n) is 9.26. The average Bonchev–Trinajstić information content (AvgIpc) is 3.12. The highest BCUT2D eigenvalue weighted by atomic mass is 16.7. The van der Waals surface area contributed by atoms with Gasteiger partial charge in [-0.1, -0.05) is 18.6 Å². The van der Waals surface area contributed by atoms with Gasteiger partial charge in [-0.15, -0.1) is 0 Å². The molecular weight excluding hydrogens is 344 g/mol. The summed E-state index contributed by atoms with van der Waals surface area (Å²) in [5, 5.41) is 0. The van der Waals surface area contributed by atoms with Gasteiger partial charge in [0, 0.05) is 32.6 Å². The SMILES string of the molecule is COCC1(C(=O)N(Cc2cccnc2)Cc2ccc3c(c2)OCO3)CCC1. The highest BCUT2D eigenvalue weighted by Gasteiger charge is 2.46. The fourth-order valence-electron chi connectivity index (χ4n) is 3.81. The van der Waals surface area contributed by atoms with Gasteiger partial charge >= 0.3 is 0 Å². The van der Waals surface area contributed by atoms with E-state index in [9.17, 15) is 4.79 Å². The van der Waals surface area contributed by atoms with Crippen molar-refractivity contribution < 1.29 is 19.0 Å². The second-order valence-corrected chi connectivity index (χ2v) is 7.28. The van der Waals surface area contributed by atoms with E-state index in [-0.39, 0.29) is 12.7 Å². The minimum atomic E-state index is -0.396. The zero-order chi connectivity index (χ0) is 18.7. The third-order valence-electron chi connectivity index (χ3n) is 5.38. The highest BCUT2D eigenvalue weighted by molar-refractivity contribution is 5.84. The van der Waals surface area contributed by atoms with Crippen molar-refractivity contribution in [2.24, 2.45) is 5.41 Å². The predicted molar refractivity (Wildman–Crippen MR) is 99.2 cm³/mol. The van der Waals surface area contributed by atoms with Gasteiger partial charge < -0.3 is 19.1 Å². The zero-order valence-electron chi connectivity index (χ0n) is 15.5. The summed E-state index contributed by atoms with van der Waals surface area (Å²) >= 11 is 0. The summed E-state index contributed by atoms with van der Waals surface area (Å²) in [7, 11) is 1.66. The van der Waals surface area contributed by atoms with Crippen LogP contribution in [-0.4, -0.2) is 36.3 Å². The Hall–Kier alpha value is -2.60. The maximum absolute atomic E-state index is 13.4. The number of fused-ring (bicyclic) bond motifs is 1. The Kier molecular flexibility index (Phi) is 4.99. The molecule has 0 spiro atoms. The summed E-state index contributed by atoms with van der Waals surface area (Å²) in [6.07, 6.45) is 6.38. The molecule has 142 valence electrons. The number of aromatic nitrogens is 1. The Labute approximate surface area is 159 Å². The molecule has 0 saturated heterocycles. The monoisotopic (exact) mass is 368 g/mol. The third kappa shape index (κ3) is 3.62. The molecule has 6 heteroatoms. The number of rotatable bonds is 7. The standard InChI is InChI=1S/C21H24N2O4/c1-25-14-21(7-3-8-21)20(24)23(13-17-4-2-9-22-11-17)12-16-5-6-18-19(10-16)27-15-26-18/h2,4-6,9-11H,3,7-8,12-15H2,1H3. The van der Waals surface area contributed by atoms with Gasteiger partial charge in [-0.25, -0.2) is 0 Å². The van der Waals surface area contributed by atoms with Crippen LogP contribution < -0.4 is 9.47 Å². The fraction of sp³-hybridized carbons (Fsp3) is 0.429. The first kappa shape index (κ1) is 17.8. The van der Waals surface area contributed by atoms with Crippen molar-refractivity contribution in [1.82, 2.24) is 9.88 Å². The van der Waals surface area contributed by atoms with Crippen LogP contribution in [0.2, 0.25) is 0 Å². The lowest BCUT2D eigenvalue weighted by Crippen LogP contribution is -2.50. The Morgan fingerprint density at radius 1 is 1.19 bits per heavy atom. The topological polar surface area (TPSA) is 60.9 Å². The second-order valence-electron chi connectivity index (χ2n) is 7.28. The zero-order valence-corrected chi connectivity index (χ0v) is 15.5. The normalized spacial score (nSPS) is 16.6. The number of hydrogen-bond donors (Lipinski definition) is 0. The van der Waals surface area contributed by atoms with E-state index in [0.29, 0.717) is 19.7 Å². The molecule has 1 aliphatic heterocycles. The van der Waals surface area contributed by atoms with Crippen molar-refractivity contribution >= 4 is 5.91 Å². The number of methoxy groups -OCH3 is 1. The minimum absolute atomic E-state index is 0.150. The number of carbonyl (C=O) groups excluding carboxylic acids is 1. The Morgan fingerprint density at radius 2 is 2.00 bits per heavy atom. The number of ether oxygens (including phenoxy) is 3. The fourth-order valence-corrected chi connectivity index (χ4v) is 3.81. The van der Waals surface area contributed by atoms with Crippen molar-refractivity contribution in [3.8, 4) is 11.5 Å². The molecule has 4 rings (SSSR count). The van der Waals surface area contributed by atoms with Crippen molar-refractivity contribution in [2.75, 3.05) is 20.5 Å². The molecule has 0 N–H and O–H groups in total. The summed E-state index contributed by atoms with van der Waals surface area (Å²) < 4.78 is 16.3. The van der Waals surface area contributed by atoms with Gasteiger partial charge in [0.2, 0.25) is 12.7 Å². The van der Waals surface area contributed by atoms with E-state index >= 15 is 0 Å². The molecule has 1 aromatic heterocycles. The molecular formula is C21H24N2O4. The van der Waals surface area contributed by atoms with Crippen LogP contribution in [0.1, 0.15) is 30.4 Å². The molecule has 2 aromatic rings. The largest absolute Gasteiger partial charge is 0.454 e. The molecule has 0 bridgehead atoms. The van der Waals surface area contributed by atoms with Gasteiger partial charge in [-0.05, 0) is 42.2 Å². The van der Waals surface area contributed by atoms with E-state index in [4.69, 9.17) is 14.2 Å². The van der Waals surface area contributed by atoms with Crippen LogP contribution in [0, 0.1) is 5.41 Å². The minimum Gasteiger partial charge on any atom is -0.454 e. The van der Waals surface area contributed by atoms with E-state index < -0.39 is 5.41 Å². The summed E-state index contributed by atoms with van der Waals surface area (Å²) in [5.74, 6) is 1.63. The van der Waals surface area contributed by atoms with E-state index in [1.54, 1.807) is 13.3 Å². The lowest BCUT2D eigenvalue weighted by Gasteiger charge is -2.43. The number of carbonyl (C=O) groups is 1. The molecule has 1 amide bonds. The van der Waals surface area contributed by atoms with E-state index in [1.807, 2.05) is 41.4 Å². The second kappa shape index (κ2) is 7.56. The van der Waals surface area contributed by atoms with Gasteiger partial charge in [0.25, 0.3) is 0 Å². The molecule has 2 heterocycles.